The largest absolute Gasteiger partial charge is 0.361 e. The molecule has 0 fully saturated rings. The monoisotopic (exact) mass is 297 g/mol. The van der Waals surface area contributed by atoms with Crippen LogP contribution in [0.3, 0.4) is 0 Å². The van der Waals surface area contributed by atoms with Crippen molar-refractivity contribution in [1.82, 2.24) is 10.3 Å². The number of urea groups is 1. The Balaban J connectivity index is 1.55. The van der Waals surface area contributed by atoms with E-state index < -0.39 is 11.8 Å². The molecule has 3 rings (SSSR count). The molecule has 3 N–H and O–H groups in total. The maximum Gasteiger partial charge on any atom is 0.319 e. The number of carbonyl (C=O) groups excluding carboxylic acids is 1. The van der Waals surface area contributed by atoms with Crippen molar-refractivity contribution in [2.45, 2.75) is 6.42 Å². The first-order valence-electron chi connectivity index (χ1n) is 7.08. The molecule has 22 heavy (non-hydrogen) atoms. The maximum absolute atomic E-state index is 13.4. The van der Waals surface area contributed by atoms with Crippen LogP contribution >= 0.6 is 0 Å². The number of nitrogens with one attached hydrogen (secondary N) is 3. The molecule has 3 aromatic rings. The first kappa shape index (κ1) is 14.1. The van der Waals surface area contributed by atoms with Gasteiger partial charge in [0, 0.05) is 23.6 Å². The van der Waals surface area contributed by atoms with Gasteiger partial charge in [-0.15, -0.1) is 0 Å². The molecule has 0 atom stereocenters. The number of amides is 2. The number of fused-ring (bicyclic) bond motifs is 1. The number of hydrogen-bond acceptors (Lipinski definition) is 1. The van der Waals surface area contributed by atoms with Crippen LogP contribution in [0.5, 0.6) is 0 Å². The van der Waals surface area contributed by atoms with Gasteiger partial charge >= 0.3 is 6.03 Å². The summed E-state index contributed by atoms with van der Waals surface area (Å²) in [5.74, 6) is -0.450. The van der Waals surface area contributed by atoms with Gasteiger partial charge in [-0.05, 0) is 30.2 Å². The van der Waals surface area contributed by atoms with Crippen LogP contribution in [0.1, 0.15) is 5.56 Å². The molecular formula is C17H16FN3O. The Morgan fingerprint density at radius 2 is 1.86 bits per heavy atom. The SMILES string of the molecule is O=C(NCCc1c[nH]c2ccccc12)Nc1ccccc1F. The third-order valence-corrected chi connectivity index (χ3v) is 3.48. The van der Waals surface area contributed by atoms with Gasteiger partial charge in [0.25, 0.3) is 0 Å². The van der Waals surface area contributed by atoms with Crippen molar-refractivity contribution < 1.29 is 9.18 Å². The summed E-state index contributed by atoms with van der Waals surface area (Å²) in [6.45, 7) is 0.474. The third-order valence-electron chi connectivity index (χ3n) is 3.48. The molecule has 1 heterocycles. The molecule has 0 saturated heterocycles. The molecule has 0 saturated carbocycles. The molecule has 5 heteroatoms. The van der Waals surface area contributed by atoms with Crippen LogP contribution in [-0.4, -0.2) is 17.6 Å². The van der Waals surface area contributed by atoms with Crippen molar-refractivity contribution in [3.05, 3.63) is 66.1 Å². The number of anilines is 1. The molecule has 4 nitrogen and oxygen atoms in total. The number of rotatable bonds is 4. The minimum absolute atomic E-state index is 0.173. The Morgan fingerprint density at radius 3 is 2.73 bits per heavy atom. The summed E-state index contributed by atoms with van der Waals surface area (Å²) in [5.41, 5.74) is 2.39. The summed E-state index contributed by atoms with van der Waals surface area (Å²) in [4.78, 5) is 15.0. The summed E-state index contributed by atoms with van der Waals surface area (Å²) in [7, 11) is 0. The van der Waals surface area contributed by atoms with Gasteiger partial charge in [-0.3, -0.25) is 0 Å². The summed E-state index contributed by atoms with van der Waals surface area (Å²) >= 11 is 0. The van der Waals surface area contributed by atoms with E-state index in [4.69, 9.17) is 0 Å². The fourth-order valence-corrected chi connectivity index (χ4v) is 2.38. The fraction of sp³-hybridized carbons (Fsp3) is 0.118. The molecule has 0 aliphatic heterocycles. The average Bonchev–Trinajstić information content (AvgIpc) is 2.93. The number of para-hydroxylation sites is 2. The van der Waals surface area contributed by atoms with E-state index in [1.165, 1.54) is 12.1 Å². The zero-order valence-electron chi connectivity index (χ0n) is 11.9. The van der Waals surface area contributed by atoms with E-state index in [0.29, 0.717) is 13.0 Å². The molecule has 1 aromatic heterocycles. The van der Waals surface area contributed by atoms with Crippen LogP contribution in [0.25, 0.3) is 10.9 Å². The number of carbonyl (C=O) groups is 1. The Hall–Kier alpha value is -2.82. The van der Waals surface area contributed by atoms with E-state index in [1.807, 2.05) is 30.5 Å². The zero-order valence-corrected chi connectivity index (χ0v) is 11.9. The van der Waals surface area contributed by atoms with E-state index >= 15 is 0 Å². The van der Waals surface area contributed by atoms with Gasteiger partial charge in [-0.2, -0.15) is 0 Å². The molecule has 2 aromatic carbocycles. The minimum Gasteiger partial charge on any atom is -0.361 e. The van der Waals surface area contributed by atoms with Gasteiger partial charge in [0.15, 0.2) is 0 Å². The van der Waals surface area contributed by atoms with E-state index in [9.17, 15) is 9.18 Å². The predicted molar refractivity (Wildman–Crippen MR) is 85.4 cm³/mol. The van der Waals surface area contributed by atoms with Gasteiger partial charge in [0.1, 0.15) is 5.82 Å². The Labute approximate surface area is 127 Å². The topological polar surface area (TPSA) is 56.9 Å². The number of hydrogen-bond donors (Lipinski definition) is 3. The van der Waals surface area contributed by atoms with Gasteiger partial charge < -0.3 is 15.6 Å². The van der Waals surface area contributed by atoms with Crippen LogP contribution in [-0.2, 0) is 6.42 Å². The van der Waals surface area contributed by atoms with Gasteiger partial charge in [-0.1, -0.05) is 30.3 Å². The first-order chi connectivity index (χ1) is 10.7. The predicted octanol–water partition coefficient (Wildman–Crippen LogP) is 3.67. The summed E-state index contributed by atoms with van der Waals surface area (Å²) in [5, 5.41) is 6.38. The molecule has 0 bridgehead atoms. The molecule has 0 aliphatic rings. The lowest BCUT2D eigenvalue weighted by molar-refractivity contribution is 0.252. The van der Waals surface area contributed by atoms with Gasteiger partial charge in [0.05, 0.1) is 5.69 Å². The summed E-state index contributed by atoms with van der Waals surface area (Å²) in [6.07, 6.45) is 2.65. The highest BCUT2D eigenvalue weighted by atomic mass is 19.1. The van der Waals surface area contributed by atoms with Crippen molar-refractivity contribution in [3.8, 4) is 0 Å². The highest BCUT2D eigenvalue weighted by molar-refractivity contribution is 5.89. The fourth-order valence-electron chi connectivity index (χ4n) is 2.38. The van der Waals surface area contributed by atoms with Crippen LogP contribution in [0.4, 0.5) is 14.9 Å². The highest BCUT2D eigenvalue weighted by Crippen LogP contribution is 2.17. The second kappa shape index (κ2) is 6.30. The molecule has 0 radical (unpaired) electrons. The average molecular weight is 297 g/mol. The molecular weight excluding hydrogens is 281 g/mol. The second-order valence-corrected chi connectivity index (χ2v) is 4.97. The highest BCUT2D eigenvalue weighted by Gasteiger charge is 2.06. The Bertz CT molecular complexity index is 797. The van der Waals surface area contributed by atoms with Crippen molar-refractivity contribution in [2.75, 3.05) is 11.9 Å². The van der Waals surface area contributed by atoms with E-state index in [-0.39, 0.29) is 5.69 Å². The van der Waals surface area contributed by atoms with Crippen molar-refractivity contribution in [1.29, 1.82) is 0 Å². The summed E-state index contributed by atoms with van der Waals surface area (Å²) < 4.78 is 13.4. The lowest BCUT2D eigenvalue weighted by atomic mass is 10.1. The number of aromatic amines is 1. The van der Waals surface area contributed by atoms with Crippen LogP contribution in [0.15, 0.2) is 54.7 Å². The van der Waals surface area contributed by atoms with Crippen molar-refractivity contribution in [3.63, 3.8) is 0 Å². The number of halogens is 1. The van der Waals surface area contributed by atoms with Crippen LogP contribution in [0.2, 0.25) is 0 Å². The molecule has 0 aliphatic carbocycles. The van der Waals surface area contributed by atoms with Gasteiger partial charge in [-0.25, -0.2) is 9.18 Å². The quantitative estimate of drug-likeness (QED) is 0.676. The first-order valence-corrected chi connectivity index (χ1v) is 7.08. The lowest BCUT2D eigenvalue weighted by Gasteiger charge is -2.08. The van der Waals surface area contributed by atoms with E-state index in [0.717, 1.165) is 16.5 Å². The van der Waals surface area contributed by atoms with Crippen molar-refractivity contribution >= 4 is 22.6 Å². The maximum atomic E-state index is 13.4. The van der Waals surface area contributed by atoms with Crippen LogP contribution in [0, 0.1) is 5.82 Å². The summed E-state index contributed by atoms with van der Waals surface area (Å²) in [6, 6.07) is 13.7. The number of aromatic nitrogens is 1. The smallest absolute Gasteiger partial charge is 0.319 e. The molecule has 112 valence electrons. The minimum atomic E-state index is -0.450. The van der Waals surface area contributed by atoms with Crippen molar-refractivity contribution in [2.24, 2.45) is 0 Å². The lowest BCUT2D eigenvalue weighted by Crippen LogP contribution is -2.30. The zero-order chi connectivity index (χ0) is 15.4. The van der Waals surface area contributed by atoms with Crippen LogP contribution < -0.4 is 10.6 Å². The Kier molecular flexibility index (Phi) is 4.05. The third kappa shape index (κ3) is 3.09. The van der Waals surface area contributed by atoms with E-state index in [2.05, 4.69) is 15.6 Å². The number of H-pyrrole nitrogens is 1. The molecule has 0 unspecified atom stereocenters. The van der Waals surface area contributed by atoms with E-state index in [1.54, 1.807) is 12.1 Å². The van der Waals surface area contributed by atoms with Gasteiger partial charge in [0.2, 0.25) is 0 Å². The Morgan fingerprint density at radius 1 is 1.09 bits per heavy atom. The number of benzene rings is 2. The normalized spacial score (nSPS) is 10.6. The standard InChI is InChI=1S/C17H16FN3O/c18-14-6-2-4-8-16(14)21-17(22)19-10-9-12-11-20-15-7-3-1-5-13(12)15/h1-8,11,20H,9-10H2,(H2,19,21,22). The second-order valence-electron chi connectivity index (χ2n) is 4.97. The molecule has 2 amide bonds. The molecule has 0 spiro atoms.